The van der Waals surface area contributed by atoms with Gasteiger partial charge in [0.25, 0.3) is 0 Å². The summed E-state index contributed by atoms with van der Waals surface area (Å²) in [6.07, 6.45) is 9.86. The molecule has 190 valence electrons. The second kappa shape index (κ2) is 10.2. The standard InChI is InChI=1S/C26H38N6O2S/c1-6-7-17-27-25-28-18-22-23(30-32(24(22)29-25)20-11-9-8-10-12-20)19-13-15-21(16-14-19)35(33,34)31(5)26(2,3)4/h13-16,18,20H,6-12,17H2,1-5H3,(H,27,28,29). The normalized spacial score (nSPS) is 15.7. The summed E-state index contributed by atoms with van der Waals surface area (Å²) in [4.78, 5) is 9.67. The number of hydrogen-bond acceptors (Lipinski definition) is 6. The van der Waals surface area contributed by atoms with E-state index in [1.807, 2.05) is 39.1 Å². The predicted molar refractivity (Wildman–Crippen MR) is 141 cm³/mol. The van der Waals surface area contributed by atoms with Crippen molar-refractivity contribution in [3.63, 3.8) is 0 Å². The minimum absolute atomic E-state index is 0.272. The van der Waals surface area contributed by atoms with Crippen molar-refractivity contribution in [3.8, 4) is 11.3 Å². The number of sulfonamides is 1. The first-order valence-electron chi connectivity index (χ1n) is 12.7. The lowest BCUT2D eigenvalue weighted by molar-refractivity contribution is 0.292. The first-order valence-corrected chi connectivity index (χ1v) is 14.2. The quantitative estimate of drug-likeness (QED) is 0.405. The van der Waals surface area contributed by atoms with Gasteiger partial charge >= 0.3 is 0 Å². The highest BCUT2D eigenvalue weighted by atomic mass is 32.2. The molecule has 4 rings (SSSR count). The number of nitrogens with zero attached hydrogens (tertiary/aromatic N) is 5. The zero-order chi connectivity index (χ0) is 25.2. The molecule has 0 saturated heterocycles. The summed E-state index contributed by atoms with van der Waals surface area (Å²) in [6.45, 7) is 8.65. The lowest BCUT2D eigenvalue weighted by atomic mass is 9.96. The van der Waals surface area contributed by atoms with Crippen molar-refractivity contribution in [2.45, 2.75) is 89.1 Å². The average molecular weight is 499 g/mol. The Balaban J connectivity index is 1.73. The van der Waals surface area contributed by atoms with Crippen LogP contribution in [0.15, 0.2) is 35.4 Å². The van der Waals surface area contributed by atoms with E-state index in [4.69, 9.17) is 10.1 Å². The summed E-state index contributed by atoms with van der Waals surface area (Å²) in [5.41, 5.74) is 1.98. The summed E-state index contributed by atoms with van der Waals surface area (Å²) in [6, 6.07) is 7.33. The molecule has 1 aliphatic carbocycles. The van der Waals surface area contributed by atoms with Gasteiger partial charge < -0.3 is 5.32 Å². The predicted octanol–water partition coefficient (Wildman–Crippen LogP) is 5.63. The highest BCUT2D eigenvalue weighted by molar-refractivity contribution is 7.89. The Morgan fingerprint density at radius 2 is 1.80 bits per heavy atom. The molecule has 0 spiro atoms. The fourth-order valence-corrected chi connectivity index (χ4v) is 6.00. The lowest BCUT2D eigenvalue weighted by Gasteiger charge is -2.30. The fourth-order valence-electron chi connectivity index (χ4n) is 4.48. The Morgan fingerprint density at radius 1 is 1.11 bits per heavy atom. The molecule has 35 heavy (non-hydrogen) atoms. The van der Waals surface area contributed by atoms with Crippen LogP contribution in [0.5, 0.6) is 0 Å². The molecule has 1 saturated carbocycles. The Bertz CT molecular complexity index is 1260. The van der Waals surface area contributed by atoms with E-state index in [2.05, 4.69) is 21.9 Å². The molecular weight excluding hydrogens is 460 g/mol. The molecule has 1 N–H and O–H groups in total. The molecule has 2 heterocycles. The van der Waals surface area contributed by atoms with Crippen molar-refractivity contribution < 1.29 is 8.42 Å². The monoisotopic (exact) mass is 498 g/mol. The van der Waals surface area contributed by atoms with Crippen LogP contribution in [0.4, 0.5) is 5.95 Å². The molecule has 0 amide bonds. The van der Waals surface area contributed by atoms with Gasteiger partial charge in [-0.3, -0.25) is 0 Å². The van der Waals surface area contributed by atoms with Gasteiger partial charge in [-0.15, -0.1) is 0 Å². The Labute approximate surface area is 209 Å². The van der Waals surface area contributed by atoms with Crippen LogP contribution in [0.1, 0.15) is 78.7 Å². The van der Waals surface area contributed by atoms with Gasteiger partial charge in [0.15, 0.2) is 5.65 Å². The minimum atomic E-state index is -3.59. The van der Waals surface area contributed by atoms with Crippen LogP contribution in [-0.2, 0) is 10.0 Å². The maximum absolute atomic E-state index is 13.1. The Hall–Kier alpha value is -2.52. The van der Waals surface area contributed by atoms with Gasteiger partial charge in [-0.1, -0.05) is 44.7 Å². The number of nitrogens with one attached hydrogen (secondary N) is 1. The van der Waals surface area contributed by atoms with Gasteiger partial charge in [-0.25, -0.2) is 18.1 Å². The number of fused-ring (bicyclic) bond motifs is 1. The van der Waals surface area contributed by atoms with Crippen molar-refractivity contribution >= 4 is 27.0 Å². The van der Waals surface area contributed by atoms with Crippen LogP contribution >= 0.6 is 0 Å². The molecule has 0 radical (unpaired) electrons. The number of benzene rings is 1. The molecule has 1 fully saturated rings. The Morgan fingerprint density at radius 3 is 2.43 bits per heavy atom. The van der Waals surface area contributed by atoms with Crippen molar-refractivity contribution in [1.82, 2.24) is 24.1 Å². The summed E-state index contributed by atoms with van der Waals surface area (Å²) < 4.78 is 29.6. The smallest absolute Gasteiger partial charge is 0.243 e. The zero-order valence-corrected chi connectivity index (χ0v) is 22.4. The number of aromatic nitrogens is 4. The number of unbranched alkanes of at least 4 members (excludes halogenated alkanes) is 1. The van der Waals surface area contributed by atoms with Gasteiger partial charge in [-0.05, 0) is 52.2 Å². The van der Waals surface area contributed by atoms with E-state index in [1.165, 1.54) is 23.6 Å². The van der Waals surface area contributed by atoms with E-state index in [9.17, 15) is 8.42 Å². The van der Waals surface area contributed by atoms with E-state index in [0.717, 1.165) is 54.5 Å². The molecule has 0 bridgehead atoms. The van der Waals surface area contributed by atoms with Crippen molar-refractivity contribution in [2.75, 3.05) is 18.9 Å². The van der Waals surface area contributed by atoms with Crippen LogP contribution < -0.4 is 5.32 Å². The van der Waals surface area contributed by atoms with Crippen LogP contribution in [-0.4, -0.2) is 51.6 Å². The van der Waals surface area contributed by atoms with E-state index < -0.39 is 15.6 Å². The molecule has 9 heteroatoms. The number of hydrogen-bond donors (Lipinski definition) is 1. The van der Waals surface area contributed by atoms with Crippen LogP contribution in [0.25, 0.3) is 22.3 Å². The highest BCUT2D eigenvalue weighted by Crippen LogP contribution is 2.35. The van der Waals surface area contributed by atoms with Crippen LogP contribution in [0, 0.1) is 0 Å². The van der Waals surface area contributed by atoms with Gasteiger partial charge in [0, 0.05) is 30.9 Å². The highest BCUT2D eigenvalue weighted by Gasteiger charge is 2.30. The van der Waals surface area contributed by atoms with Crippen LogP contribution in [0.3, 0.4) is 0 Å². The SMILES string of the molecule is CCCCNc1ncc2c(-c3ccc(S(=O)(=O)N(C)C(C)(C)C)cc3)nn(C3CCCCC3)c2n1. The molecule has 0 atom stereocenters. The maximum Gasteiger partial charge on any atom is 0.243 e. The summed E-state index contributed by atoms with van der Waals surface area (Å²) >= 11 is 0. The first-order chi connectivity index (χ1) is 16.6. The second-order valence-corrected chi connectivity index (χ2v) is 12.4. The third-order valence-electron chi connectivity index (χ3n) is 6.91. The molecule has 1 aliphatic rings. The summed E-state index contributed by atoms with van der Waals surface area (Å²) in [5, 5.41) is 9.23. The van der Waals surface area contributed by atoms with Gasteiger partial charge in [0.05, 0.1) is 16.3 Å². The largest absolute Gasteiger partial charge is 0.354 e. The van der Waals surface area contributed by atoms with Crippen LogP contribution in [0.2, 0.25) is 0 Å². The van der Waals surface area contributed by atoms with E-state index in [-0.39, 0.29) is 4.90 Å². The lowest BCUT2D eigenvalue weighted by Crippen LogP contribution is -2.42. The van der Waals surface area contributed by atoms with E-state index in [0.29, 0.717) is 12.0 Å². The summed E-state index contributed by atoms with van der Waals surface area (Å²) in [7, 11) is -1.97. The minimum Gasteiger partial charge on any atom is -0.354 e. The molecular formula is C26H38N6O2S. The fraction of sp³-hybridized carbons (Fsp3) is 0.577. The maximum atomic E-state index is 13.1. The van der Waals surface area contributed by atoms with Gasteiger partial charge in [-0.2, -0.15) is 14.4 Å². The molecule has 0 unspecified atom stereocenters. The number of anilines is 1. The van der Waals surface area contributed by atoms with Gasteiger partial charge in [0.2, 0.25) is 16.0 Å². The first kappa shape index (κ1) is 25.6. The molecule has 8 nitrogen and oxygen atoms in total. The topological polar surface area (TPSA) is 93.0 Å². The molecule has 1 aromatic carbocycles. The Kier molecular flexibility index (Phi) is 7.47. The third kappa shape index (κ3) is 5.35. The third-order valence-corrected chi connectivity index (χ3v) is 9.05. The van der Waals surface area contributed by atoms with Crippen molar-refractivity contribution in [2.24, 2.45) is 0 Å². The molecule has 3 aromatic rings. The molecule has 0 aliphatic heterocycles. The van der Waals surface area contributed by atoms with Gasteiger partial charge in [0.1, 0.15) is 5.69 Å². The average Bonchev–Trinajstić information content (AvgIpc) is 3.23. The summed E-state index contributed by atoms with van der Waals surface area (Å²) in [5.74, 6) is 0.626. The molecule has 2 aromatic heterocycles. The number of rotatable bonds is 8. The van der Waals surface area contributed by atoms with Crippen molar-refractivity contribution in [1.29, 1.82) is 0 Å². The van der Waals surface area contributed by atoms with Crippen molar-refractivity contribution in [3.05, 3.63) is 30.5 Å². The van der Waals surface area contributed by atoms with E-state index in [1.54, 1.807) is 19.2 Å². The second-order valence-electron chi connectivity index (χ2n) is 10.5. The zero-order valence-electron chi connectivity index (χ0n) is 21.6. The van der Waals surface area contributed by atoms with E-state index >= 15 is 0 Å².